The van der Waals surface area contributed by atoms with Gasteiger partial charge in [0.2, 0.25) is 5.91 Å². The molecular weight excluding hydrogens is 235 g/mol. The van der Waals surface area contributed by atoms with Crippen LogP contribution in [0.25, 0.3) is 0 Å². The summed E-state index contributed by atoms with van der Waals surface area (Å²) in [6, 6.07) is 5.76. The van der Waals surface area contributed by atoms with Crippen LogP contribution >= 0.6 is 0 Å². The van der Waals surface area contributed by atoms with Gasteiger partial charge in [-0.05, 0) is 43.7 Å². The van der Waals surface area contributed by atoms with Crippen molar-refractivity contribution in [3.63, 3.8) is 0 Å². The monoisotopic (exact) mass is 252 g/mol. The van der Waals surface area contributed by atoms with Gasteiger partial charge in [0.05, 0.1) is 13.2 Å². The van der Waals surface area contributed by atoms with E-state index in [0.717, 1.165) is 19.4 Å². The highest BCUT2D eigenvalue weighted by atomic mass is 19.1. The molecule has 0 saturated carbocycles. The Bertz CT molecular complexity index is 408. The van der Waals surface area contributed by atoms with Crippen molar-refractivity contribution in [2.45, 2.75) is 18.9 Å². The Morgan fingerprint density at radius 1 is 1.44 bits per heavy atom. The van der Waals surface area contributed by atoms with Crippen molar-refractivity contribution in [2.24, 2.45) is 0 Å². The lowest BCUT2D eigenvalue weighted by atomic mass is 10.2. The number of rotatable bonds is 4. The molecule has 0 radical (unpaired) electrons. The van der Waals surface area contributed by atoms with Crippen LogP contribution in [0, 0.1) is 5.82 Å². The number of amides is 1. The predicted octanol–water partition coefficient (Wildman–Crippen LogP) is 1.22. The molecule has 1 atom stereocenters. The molecule has 1 heterocycles. The Morgan fingerprint density at radius 3 is 2.83 bits per heavy atom. The summed E-state index contributed by atoms with van der Waals surface area (Å²) in [5.74, 6) is -0.463. The van der Waals surface area contributed by atoms with Gasteiger partial charge < -0.3 is 10.4 Å². The minimum Gasteiger partial charge on any atom is -0.395 e. The number of carbonyl (C=O) groups excluding carboxylic acids is 1. The van der Waals surface area contributed by atoms with Gasteiger partial charge in [-0.3, -0.25) is 9.69 Å². The van der Waals surface area contributed by atoms with Crippen LogP contribution in [0.15, 0.2) is 24.3 Å². The van der Waals surface area contributed by atoms with Crippen molar-refractivity contribution in [3.8, 4) is 0 Å². The first kappa shape index (κ1) is 13.0. The van der Waals surface area contributed by atoms with Gasteiger partial charge in [0.15, 0.2) is 0 Å². The molecule has 1 aliphatic rings. The molecule has 1 aliphatic heterocycles. The molecule has 1 amide bonds. The Morgan fingerprint density at radius 2 is 2.17 bits per heavy atom. The number of benzene rings is 1. The lowest BCUT2D eigenvalue weighted by Gasteiger charge is -2.21. The molecule has 2 rings (SSSR count). The van der Waals surface area contributed by atoms with Crippen molar-refractivity contribution in [2.75, 3.05) is 25.0 Å². The number of hydrogen-bond acceptors (Lipinski definition) is 3. The largest absolute Gasteiger partial charge is 0.395 e. The van der Waals surface area contributed by atoms with E-state index in [4.69, 9.17) is 5.11 Å². The number of hydrogen-bond donors (Lipinski definition) is 2. The highest BCUT2D eigenvalue weighted by Crippen LogP contribution is 2.16. The van der Waals surface area contributed by atoms with Gasteiger partial charge in [-0.25, -0.2) is 4.39 Å². The molecule has 0 aromatic heterocycles. The summed E-state index contributed by atoms with van der Waals surface area (Å²) in [5, 5.41) is 11.9. The summed E-state index contributed by atoms with van der Waals surface area (Å²) in [5.41, 5.74) is 0.584. The Labute approximate surface area is 105 Å². The van der Waals surface area contributed by atoms with E-state index in [-0.39, 0.29) is 30.9 Å². The van der Waals surface area contributed by atoms with Gasteiger partial charge in [0.1, 0.15) is 5.82 Å². The van der Waals surface area contributed by atoms with Gasteiger partial charge in [-0.2, -0.15) is 0 Å². The van der Waals surface area contributed by atoms with Crippen molar-refractivity contribution in [1.29, 1.82) is 0 Å². The molecule has 18 heavy (non-hydrogen) atoms. The van der Waals surface area contributed by atoms with Gasteiger partial charge >= 0.3 is 0 Å². The maximum absolute atomic E-state index is 12.7. The summed E-state index contributed by atoms with van der Waals surface area (Å²) >= 11 is 0. The maximum atomic E-state index is 12.7. The predicted molar refractivity (Wildman–Crippen MR) is 66.7 cm³/mol. The number of likely N-dealkylation sites (tertiary alicyclic amines) is 1. The minimum absolute atomic E-state index is 0.0870. The van der Waals surface area contributed by atoms with Crippen LogP contribution in [0.4, 0.5) is 10.1 Å². The number of carbonyl (C=O) groups is 1. The summed E-state index contributed by atoms with van der Waals surface area (Å²) in [6.07, 6.45) is 1.94. The van der Waals surface area contributed by atoms with Crippen molar-refractivity contribution in [1.82, 2.24) is 4.90 Å². The van der Waals surface area contributed by atoms with Crippen molar-refractivity contribution < 1.29 is 14.3 Å². The number of anilines is 1. The molecule has 0 aliphatic carbocycles. The Hall–Kier alpha value is -1.46. The second kappa shape index (κ2) is 5.93. The van der Waals surface area contributed by atoms with E-state index >= 15 is 0 Å². The molecule has 4 nitrogen and oxygen atoms in total. The molecule has 1 aromatic carbocycles. The van der Waals surface area contributed by atoms with Crippen LogP contribution < -0.4 is 5.32 Å². The van der Waals surface area contributed by atoms with Crippen molar-refractivity contribution in [3.05, 3.63) is 30.1 Å². The fourth-order valence-electron chi connectivity index (χ4n) is 2.23. The fourth-order valence-corrected chi connectivity index (χ4v) is 2.23. The van der Waals surface area contributed by atoms with Crippen LogP contribution in [0.3, 0.4) is 0 Å². The average molecular weight is 252 g/mol. The molecule has 1 saturated heterocycles. The quantitative estimate of drug-likeness (QED) is 0.847. The molecule has 0 bridgehead atoms. The number of aliphatic hydroxyl groups is 1. The van der Waals surface area contributed by atoms with Crippen molar-refractivity contribution >= 4 is 11.6 Å². The van der Waals surface area contributed by atoms with Gasteiger partial charge in [-0.1, -0.05) is 0 Å². The van der Waals surface area contributed by atoms with E-state index in [2.05, 4.69) is 5.32 Å². The maximum Gasteiger partial charge on any atom is 0.238 e. The van der Waals surface area contributed by atoms with Crippen LogP contribution in [-0.2, 0) is 4.79 Å². The summed E-state index contributed by atoms with van der Waals surface area (Å²) < 4.78 is 12.7. The molecule has 5 heteroatoms. The first-order valence-corrected chi connectivity index (χ1v) is 6.09. The Kier molecular flexibility index (Phi) is 4.28. The van der Waals surface area contributed by atoms with Crippen LogP contribution in [0.1, 0.15) is 12.8 Å². The zero-order chi connectivity index (χ0) is 13.0. The first-order valence-electron chi connectivity index (χ1n) is 6.09. The molecular formula is C13H17FN2O2. The zero-order valence-corrected chi connectivity index (χ0v) is 10.1. The minimum atomic E-state index is -0.326. The normalized spacial score (nSPS) is 20.0. The first-order chi connectivity index (χ1) is 8.69. The van der Waals surface area contributed by atoms with E-state index < -0.39 is 0 Å². The standard InChI is InChI=1S/C13H17FN2O2/c14-10-3-5-11(6-4-10)15-13(18)8-16-7-1-2-12(16)9-17/h3-6,12,17H,1-2,7-9H2,(H,15,18)/t12-/m0/s1. The summed E-state index contributed by atoms with van der Waals surface area (Å²) in [4.78, 5) is 13.8. The second-order valence-corrected chi connectivity index (χ2v) is 4.50. The summed E-state index contributed by atoms with van der Waals surface area (Å²) in [7, 11) is 0. The van der Waals surface area contributed by atoms with Gasteiger partial charge in [0.25, 0.3) is 0 Å². The van der Waals surface area contributed by atoms with Crippen LogP contribution in [0.5, 0.6) is 0 Å². The summed E-state index contributed by atoms with van der Waals surface area (Å²) in [6.45, 7) is 1.19. The molecule has 0 unspecified atom stereocenters. The molecule has 1 aromatic rings. The lowest BCUT2D eigenvalue weighted by Crippen LogP contribution is -2.38. The third-order valence-corrected chi connectivity index (χ3v) is 3.18. The smallest absolute Gasteiger partial charge is 0.238 e. The highest BCUT2D eigenvalue weighted by Gasteiger charge is 2.25. The fraction of sp³-hybridized carbons (Fsp3) is 0.462. The number of nitrogens with one attached hydrogen (secondary N) is 1. The van der Waals surface area contributed by atoms with E-state index in [1.54, 1.807) is 0 Å². The Balaban J connectivity index is 1.86. The number of nitrogens with zero attached hydrogens (tertiary/aromatic N) is 1. The zero-order valence-electron chi connectivity index (χ0n) is 10.1. The molecule has 98 valence electrons. The van der Waals surface area contributed by atoms with Crippen LogP contribution in [-0.4, -0.2) is 41.7 Å². The lowest BCUT2D eigenvalue weighted by molar-refractivity contribution is -0.117. The molecule has 1 fully saturated rings. The van der Waals surface area contributed by atoms with E-state index in [0.29, 0.717) is 5.69 Å². The molecule has 0 spiro atoms. The van der Waals surface area contributed by atoms with E-state index in [1.807, 2.05) is 4.90 Å². The second-order valence-electron chi connectivity index (χ2n) is 4.50. The number of halogens is 1. The highest BCUT2D eigenvalue weighted by molar-refractivity contribution is 5.92. The van der Waals surface area contributed by atoms with Crippen LogP contribution in [0.2, 0.25) is 0 Å². The third-order valence-electron chi connectivity index (χ3n) is 3.18. The average Bonchev–Trinajstić information content (AvgIpc) is 2.79. The number of aliphatic hydroxyl groups excluding tert-OH is 1. The van der Waals surface area contributed by atoms with E-state index in [9.17, 15) is 9.18 Å². The molecule has 2 N–H and O–H groups in total. The topological polar surface area (TPSA) is 52.6 Å². The SMILES string of the molecule is O=C(CN1CCC[C@H]1CO)Nc1ccc(F)cc1. The van der Waals surface area contributed by atoms with Gasteiger partial charge in [0, 0.05) is 11.7 Å². The van der Waals surface area contributed by atoms with E-state index in [1.165, 1.54) is 24.3 Å². The third kappa shape index (κ3) is 3.27. The van der Waals surface area contributed by atoms with Gasteiger partial charge in [-0.15, -0.1) is 0 Å².